The first-order valence-corrected chi connectivity index (χ1v) is 13.9. The summed E-state index contributed by atoms with van der Waals surface area (Å²) in [5, 5.41) is 1.20. The molecule has 0 bridgehead atoms. The van der Waals surface area contributed by atoms with Gasteiger partial charge in [-0.05, 0) is 75.7 Å². The Morgan fingerprint density at radius 1 is 1.14 bits per heavy atom. The quantitative estimate of drug-likeness (QED) is 0.391. The minimum absolute atomic E-state index is 0.0942. The van der Waals surface area contributed by atoms with Gasteiger partial charge < -0.3 is 9.80 Å². The summed E-state index contributed by atoms with van der Waals surface area (Å²) in [5.74, 6) is -2.45. The third-order valence-electron chi connectivity index (χ3n) is 6.84. The molecule has 2 aromatic carbocycles. The van der Waals surface area contributed by atoms with Gasteiger partial charge in [-0.3, -0.25) is 4.72 Å². The van der Waals surface area contributed by atoms with Crippen molar-refractivity contribution in [3.8, 4) is 0 Å². The van der Waals surface area contributed by atoms with Crippen LogP contribution in [0.1, 0.15) is 24.8 Å². The van der Waals surface area contributed by atoms with Crippen LogP contribution < -0.4 is 9.62 Å². The Labute approximate surface area is 225 Å². The van der Waals surface area contributed by atoms with Crippen LogP contribution in [0.3, 0.4) is 0 Å². The smallest absolute Gasteiger partial charge is 0.268 e. The van der Waals surface area contributed by atoms with Gasteiger partial charge in [-0.1, -0.05) is 29.3 Å². The van der Waals surface area contributed by atoms with Crippen LogP contribution in [0.15, 0.2) is 53.8 Å². The van der Waals surface area contributed by atoms with Crippen molar-refractivity contribution >= 4 is 44.7 Å². The normalized spacial score (nSPS) is 18.3. The van der Waals surface area contributed by atoms with Crippen LogP contribution in [0, 0.1) is 11.6 Å². The van der Waals surface area contributed by atoms with E-state index in [1.807, 2.05) is 19.0 Å². The highest BCUT2D eigenvalue weighted by Crippen LogP contribution is 2.36. The number of benzene rings is 2. The molecule has 4 rings (SSSR count). The molecule has 2 heterocycles. The van der Waals surface area contributed by atoms with Crippen molar-refractivity contribution in [1.82, 2.24) is 14.9 Å². The summed E-state index contributed by atoms with van der Waals surface area (Å²) in [4.78, 5) is 10.4. The van der Waals surface area contributed by atoms with E-state index in [4.69, 9.17) is 23.2 Å². The van der Waals surface area contributed by atoms with Crippen LogP contribution in [0.25, 0.3) is 0 Å². The number of hydrogen-bond donors (Lipinski definition) is 1. The standard InChI is InChI=1S/C25H27Cl2F2N5O2S/c1-33(2)25(10-7-18-19(26)5-3-6-20(18)27)9-4-12-34(15-25)17-13-21(28)24(22(29)14-17)37(35,36)32-23-8-11-30-16-31-23/h3,5-6,8,11,13-14,16H,4,7,9-10,12,15H2,1-2H3,(H,30,31,32)/t25-/m0/s1. The summed E-state index contributed by atoms with van der Waals surface area (Å²) >= 11 is 12.8. The molecule has 3 aromatic rings. The van der Waals surface area contributed by atoms with Gasteiger partial charge in [-0.2, -0.15) is 0 Å². The second-order valence-corrected chi connectivity index (χ2v) is 11.7. The number of rotatable bonds is 8. The molecule has 0 saturated carbocycles. The van der Waals surface area contributed by atoms with Crippen molar-refractivity contribution in [3.63, 3.8) is 0 Å². The maximum atomic E-state index is 15.1. The van der Waals surface area contributed by atoms with E-state index in [2.05, 4.69) is 19.6 Å². The fourth-order valence-electron chi connectivity index (χ4n) is 4.78. The van der Waals surface area contributed by atoms with Crippen molar-refractivity contribution < 1.29 is 17.2 Å². The SMILES string of the molecule is CN(C)[C@]1(CCc2c(Cl)cccc2Cl)CCCN(c2cc(F)c(S(=O)(=O)Nc3ccncn3)c(F)c2)C1. The molecule has 12 heteroatoms. The van der Waals surface area contributed by atoms with E-state index in [1.54, 1.807) is 18.2 Å². The van der Waals surface area contributed by atoms with E-state index >= 15 is 8.78 Å². The lowest BCUT2D eigenvalue weighted by atomic mass is 9.82. The van der Waals surface area contributed by atoms with Crippen molar-refractivity contribution in [2.75, 3.05) is 36.8 Å². The summed E-state index contributed by atoms with van der Waals surface area (Å²) in [6.45, 7) is 1.07. The molecule has 0 aliphatic carbocycles. The van der Waals surface area contributed by atoms with Gasteiger partial charge >= 0.3 is 0 Å². The first kappa shape index (κ1) is 27.5. The Morgan fingerprint density at radius 2 is 1.81 bits per heavy atom. The van der Waals surface area contributed by atoms with Crippen LogP contribution in [0.5, 0.6) is 0 Å². The summed E-state index contributed by atoms with van der Waals surface area (Å²) in [7, 11) is -0.589. The first-order valence-electron chi connectivity index (χ1n) is 11.7. The van der Waals surface area contributed by atoms with Crippen LogP contribution in [0.4, 0.5) is 20.3 Å². The Balaban J connectivity index is 1.59. The molecular formula is C25H27Cl2F2N5O2S. The third kappa shape index (κ3) is 5.98. The van der Waals surface area contributed by atoms with Gasteiger partial charge in [0.25, 0.3) is 10.0 Å². The molecule has 198 valence electrons. The Hall–Kier alpha value is -2.53. The second kappa shape index (κ2) is 11.1. The van der Waals surface area contributed by atoms with Crippen molar-refractivity contribution in [3.05, 3.63) is 76.2 Å². The second-order valence-electron chi connectivity index (χ2n) is 9.28. The van der Waals surface area contributed by atoms with Gasteiger partial charge in [-0.15, -0.1) is 0 Å². The van der Waals surface area contributed by atoms with Gasteiger partial charge in [0, 0.05) is 40.6 Å². The molecule has 1 fully saturated rings. The van der Waals surface area contributed by atoms with Crippen LogP contribution in [-0.4, -0.2) is 56.0 Å². The lowest BCUT2D eigenvalue weighted by Crippen LogP contribution is -2.56. The largest absolute Gasteiger partial charge is 0.370 e. The number of anilines is 2. The van der Waals surface area contributed by atoms with E-state index in [0.717, 1.165) is 43.3 Å². The zero-order chi connectivity index (χ0) is 26.8. The number of piperidine rings is 1. The van der Waals surface area contributed by atoms with E-state index in [-0.39, 0.29) is 17.0 Å². The molecule has 1 atom stereocenters. The van der Waals surface area contributed by atoms with Gasteiger partial charge in [0.1, 0.15) is 23.8 Å². The van der Waals surface area contributed by atoms with Gasteiger partial charge in [-0.25, -0.2) is 27.2 Å². The molecule has 1 N–H and O–H groups in total. The highest BCUT2D eigenvalue weighted by Gasteiger charge is 2.38. The highest BCUT2D eigenvalue weighted by atomic mass is 35.5. The number of halogens is 4. The minimum Gasteiger partial charge on any atom is -0.370 e. The maximum absolute atomic E-state index is 15.1. The van der Waals surface area contributed by atoms with E-state index in [9.17, 15) is 8.42 Å². The van der Waals surface area contributed by atoms with Gasteiger partial charge in [0.05, 0.1) is 0 Å². The van der Waals surface area contributed by atoms with Crippen LogP contribution >= 0.6 is 23.2 Å². The molecule has 7 nitrogen and oxygen atoms in total. The number of hydrogen-bond acceptors (Lipinski definition) is 6. The Bertz CT molecular complexity index is 1340. The molecule has 0 spiro atoms. The first-order chi connectivity index (χ1) is 17.5. The number of aromatic nitrogens is 2. The zero-order valence-electron chi connectivity index (χ0n) is 20.4. The average molecular weight is 570 g/mol. The highest BCUT2D eigenvalue weighted by molar-refractivity contribution is 7.92. The van der Waals surface area contributed by atoms with E-state index in [0.29, 0.717) is 29.6 Å². The monoisotopic (exact) mass is 569 g/mol. The number of sulfonamides is 1. The Morgan fingerprint density at radius 3 is 2.41 bits per heavy atom. The summed E-state index contributed by atoms with van der Waals surface area (Å²) in [6.07, 6.45) is 5.46. The van der Waals surface area contributed by atoms with Crippen LogP contribution in [0.2, 0.25) is 10.0 Å². The molecule has 37 heavy (non-hydrogen) atoms. The molecule has 1 aliphatic heterocycles. The maximum Gasteiger partial charge on any atom is 0.268 e. The van der Waals surface area contributed by atoms with Crippen molar-refractivity contribution in [2.24, 2.45) is 0 Å². The summed E-state index contributed by atoms with van der Waals surface area (Å²) < 4.78 is 57.7. The molecule has 0 unspecified atom stereocenters. The molecule has 0 radical (unpaired) electrons. The predicted molar refractivity (Wildman–Crippen MR) is 142 cm³/mol. The van der Waals surface area contributed by atoms with E-state index in [1.165, 1.54) is 12.3 Å². The van der Waals surface area contributed by atoms with Crippen LogP contribution in [-0.2, 0) is 16.4 Å². The third-order valence-corrected chi connectivity index (χ3v) is 8.96. The summed E-state index contributed by atoms with van der Waals surface area (Å²) in [5.41, 5.74) is 0.831. The number of nitrogens with zero attached hydrogens (tertiary/aromatic N) is 4. The van der Waals surface area contributed by atoms with Gasteiger partial charge in [0.2, 0.25) is 0 Å². The number of nitrogens with one attached hydrogen (secondary N) is 1. The molecule has 1 aromatic heterocycles. The summed E-state index contributed by atoms with van der Waals surface area (Å²) in [6, 6.07) is 8.82. The molecule has 0 amide bonds. The topological polar surface area (TPSA) is 78.4 Å². The van der Waals surface area contributed by atoms with Crippen molar-refractivity contribution in [1.29, 1.82) is 0 Å². The average Bonchev–Trinajstić information content (AvgIpc) is 2.83. The van der Waals surface area contributed by atoms with Gasteiger partial charge in [0.15, 0.2) is 4.90 Å². The van der Waals surface area contributed by atoms with E-state index < -0.39 is 26.6 Å². The molecular weight excluding hydrogens is 543 g/mol. The predicted octanol–water partition coefficient (Wildman–Crippen LogP) is 5.40. The fourth-order valence-corrected chi connectivity index (χ4v) is 6.50. The zero-order valence-corrected chi connectivity index (χ0v) is 22.7. The molecule has 1 saturated heterocycles. The number of likely N-dealkylation sites (N-methyl/N-ethyl adjacent to an activating group) is 1. The fraction of sp³-hybridized carbons (Fsp3) is 0.360. The lowest BCUT2D eigenvalue weighted by molar-refractivity contribution is 0.116. The Kier molecular flexibility index (Phi) is 8.23. The van der Waals surface area contributed by atoms with Crippen molar-refractivity contribution in [2.45, 2.75) is 36.1 Å². The molecule has 1 aliphatic rings. The lowest BCUT2D eigenvalue weighted by Gasteiger charge is -2.48. The minimum atomic E-state index is -4.55.